The fourth-order valence-electron chi connectivity index (χ4n) is 2.83. The fourth-order valence-corrected chi connectivity index (χ4v) is 3.28. The van der Waals surface area contributed by atoms with Crippen LogP contribution in [0, 0.1) is 10.7 Å². The highest BCUT2D eigenvalue weighted by Gasteiger charge is 2.40. The molecular formula is C14H15F3N2S. The van der Waals surface area contributed by atoms with E-state index >= 15 is 0 Å². The molecule has 0 aliphatic heterocycles. The van der Waals surface area contributed by atoms with Crippen LogP contribution in [0.4, 0.5) is 13.2 Å². The van der Waals surface area contributed by atoms with Gasteiger partial charge in [-0.2, -0.15) is 13.2 Å². The molecule has 0 bridgehead atoms. The number of hydrogen-bond donors (Lipinski definition) is 1. The fraction of sp³-hybridized carbons (Fsp3) is 0.500. The van der Waals surface area contributed by atoms with E-state index in [1.165, 1.54) is 6.07 Å². The molecule has 0 saturated heterocycles. The van der Waals surface area contributed by atoms with Crippen molar-refractivity contribution in [1.29, 1.82) is 0 Å². The van der Waals surface area contributed by atoms with Gasteiger partial charge in [0.1, 0.15) is 0 Å². The molecule has 1 aromatic heterocycles. The topological polar surface area (TPSA) is 20.7 Å². The molecule has 1 N–H and O–H groups in total. The van der Waals surface area contributed by atoms with Crippen LogP contribution in [0.15, 0.2) is 18.2 Å². The van der Waals surface area contributed by atoms with Crippen LogP contribution in [0.1, 0.15) is 32.3 Å². The number of nitrogens with zero attached hydrogens (tertiary/aromatic N) is 1. The number of alkyl halides is 3. The Bertz CT molecular complexity index is 720. The minimum absolute atomic E-state index is 0.172. The lowest BCUT2D eigenvalue weighted by Gasteiger charge is -2.27. The van der Waals surface area contributed by atoms with E-state index in [4.69, 9.17) is 12.2 Å². The van der Waals surface area contributed by atoms with Gasteiger partial charge in [-0.15, -0.1) is 0 Å². The Kier molecular flexibility index (Phi) is 2.80. The second-order valence-electron chi connectivity index (χ2n) is 5.92. The molecule has 1 fully saturated rings. The molecule has 6 heteroatoms. The number of nitrogens with one attached hydrogen (secondary N) is 1. The van der Waals surface area contributed by atoms with E-state index in [2.05, 4.69) is 18.8 Å². The van der Waals surface area contributed by atoms with Crippen LogP contribution in [0.3, 0.4) is 0 Å². The lowest BCUT2D eigenvalue weighted by Crippen LogP contribution is -2.28. The number of aromatic nitrogens is 2. The van der Waals surface area contributed by atoms with Crippen molar-refractivity contribution in [2.24, 2.45) is 5.92 Å². The average Bonchev–Trinajstić information content (AvgIpc) is 3.10. The molecule has 1 aliphatic rings. The Morgan fingerprint density at radius 2 is 1.90 bits per heavy atom. The predicted molar refractivity (Wildman–Crippen MR) is 74.2 cm³/mol. The zero-order valence-corrected chi connectivity index (χ0v) is 12.0. The third-order valence-corrected chi connectivity index (χ3v) is 4.45. The highest BCUT2D eigenvalue weighted by Crippen LogP contribution is 2.45. The standard InChI is InChI=1S/C14H15F3N2S/c1-13(2,8-3-4-8)19-11-6-5-9(14(15,16)17)7-10(11)18-12(19)20/h5-8H,3-4H2,1-2H3,(H,18,20). The maximum absolute atomic E-state index is 12.7. The second-order valence-corrected chi connectivity index (χ2v) is 6.31. The van der Waals surface area contributed by atoms with Gasteiger partial charge in [-0.3, -0.25) is 0 Å². The summed E-state index contributed by atoms with van der Waals surface area (Å²) >= 11 is 5.31. The molecule has 2 nitrogen and oxygen atoms in total. The Labute approximate surface area is 119 Å². The second kappa shape index (κ2) is 4.10. The van der Waals surface area contributed by atoms with Crippen LogP contribution in [-0.4, -0.2) is 9.55 Å². The van der Waals surface area contributed by atoms with Gasteiger partial charge in [-0.1, -0.05) is 0 Å². The largest absolute Gasteiger partial charge is 0.416 e. The zero-order chi connectivity index (χ0) is 14.7. The summed E-state index contributed by atoms with van der Waals surface area (Å²) in [6.07, 6.45) is -2.05. The summed E-state index contributed by atoms with van der Waals surface area (Å²) in [6.45, 7) is 4.18. The number of H-pyrrole nitrogens is 1. The minimum Gasteiger partial charge on any atom is -0.331 e. The molecule has 0 spiro atoms. The van der Waals surface area contributed by atoms with Gasteiger partial charge in [0, 0.05) is 5.54 Å². The molecular weight excluding hydrogens is 285 g/mol. The van der Waals surface area contributed by atoms with Crippen LogP contribution in [0.25, 0.3) is 11.0 Å². The molecule has 2 aromatic rings. The SMILES string of the molecule is CC(C)(C1CC1)n1c(=S)[nH]c2cc(C(F)(F)F)ccc21. The van der Waals surface area contributed by atoms with Crippen molar-refractivity contribution in [3.63, 3.8) is 0 Å². The highest BCUT2D eigenvalue weighted by molar-refractivity contribution is 7.71. The van der Waals surface area contributed by atoms with E-state index in [9.17, 15) is 13.2 Å². The predicted octanol–water partition coefficient (Wildman–Crippen LogP) is 4.86. The van der Waals surface area contributed by atoms with Gasteiger partial charge in [-0.25, -0.2) is 0 Å². The molecule has 1 heterocycles. The first-order valence-corrected chi connectivity index (χ1v) is 6.94. The Balaban J connectivity index is 2.20. The first-order chi connectivity index (χ1) is 9.21. The van der Waals surface area contributed by atoms with Crippen LogP contribution >= 0.6 is 12.2 Å². The van der Waals surface area contributed by atoms with E-state index in [0.717, 1.165) is 30.5 Å². The van der Waals surface area contributed by atoms with Crippen molar-refractivity contribution in [1.82, 2.24) is 9.55 Å². The Morgan fingerprint density at radius 3 is 2.45 bits per heavy atom. The van der Waals surface area contributed by atoms with Gasteiger partial charge in [-0.05, 0) is 63.0 Å². The van der Waals surface area contributed by atoms with Gasteiger partial charge < -0.3 is 9.55 Å². The van der Waals surface area contributed by atoms with Gasteiger partial charge in [0.15, 0.2) is 4.77 Å². The maximum atomic E-state index is 12.7. The average molecular weight is 300 g/mol. The number of fused-ring (bicyclic) bond motifs is 1. The normalized spacial score (nSPS) is 16.9. The smallest absolute Gasteiger partial charge is 0.331 e. The summed E-state index contributed by atoms with van der Waals surface area (Å²) in [5, 5.41) is 0. The zero-order valence-electron chi connectivity index (χ0n) is 11.2. The summed E-state index contributed by atoms with van der Waals surface area (Å²) in [7, 11) is 0. The van der Waals surface area contributed by atoms with Crippen LogP contribution in [0.5, 0.6) is 0 Å². The van der Waals surface area contributed by atoms with E-state index in [1.807, 2.05) is 4.57 Å². The number of rotatable bonds is 2. The van der Waals surface area contributed by atoms with Gasteiger partial charge in [0.2, 0.25) is 0 Å². The van der Waals surface area contributed by atoms with Gasteiger partial charge >= 0.3 is 6.18 Å². The van der Waals surface area contributed by atoms with Crippen molar-refractivity contribution in [2.45, 2.75) is 38.4 Å². The summed E-state index contributed by atoms with van der Waals surface area (Å²) in [5.41, 5.74) is 0.353. The number of benzene rings is 1. The summed E-state index contributed by atoms with van der Waals surface area (Å²) in [6, 6.07) is 3.75. The van der Waals surface area contributed by atoms with Crippen LogP contribution < -0.4 is 0 Å². The lowest BCUT2D eigenvalue weighted by molar-refractivity contribution is -0.137. The van der Waals surface area contributed by atoms with Gasteiger partial charge in [0.25, 0.3) is 0 Å². The quantitative estimate of drug-likeness (QED) is 0.785. The third kappa shape index (κ3) is 2.06. The number of halogens is 3. The molecule has 0 unspecified atom stereocenters. The first-order valence-electron chi connectivity index (χ1n) is 6.54. The van der Waals surface area contributed by atoms with Crippen molar-refractivity contribution in [3.8, 4) is 0 Å². The molecule has 20 heavy (non-hydrogen) atoms. The first kappa shape index (κ1) is 13.7. The summed E-state index contributed by atoms with van der Waals surface area (Å²) < 4.78 is 40.7. The molecule has 1 saturated carbocycles. The minimum atomic E-state index is -4.34. The Morgan fingerprint density at radius 1 is 1.25 bits per heavy atom. The van der Waals surface area contributed by atoms with Crippen LogP contribution in [0.2, 0.25) is 0 Å². The number of aromatic amines is 1. The highest BCUT2D eigenvalue weighted by atomic mass is 32.1. The van der Waals surface area contributed by atoms with E-state index in [-0.39, 0.29) is 5.54 Å². The molecule has 0 atom stereocenters. The molecule has 0 radical (unpaired) electrons. The molecule has 108 valence electrons. The van der Waals surface area contributed by atoms with E-state index < -0.39 is 11.7 Å². The van der Waals surface area contributed by atoms with Crippen molar-refractivity contribution < 1.29 is 13.2 Å². The van der Waals surface area contributed by atoms with Crippen LogP contribution in [-0.2, 0) is 11.7 Å². The Hall–Kier alpha value is -1.30. The maximum Gasteiger partial charge on any atom is 0.416 e. The molecule has 0 amide bonds. The monoisotopic (exact) mass is 300 g/mol. The van der Waals surface area contributed by atoms with Gasteiger partial charge in [0.05, 0.1) is 16.6 Å². The van der Waals surface area contributed by atoms with Crippen molar-refractivity contribution >= 4 is 23.3 Å². The summed E-state index contributed by atoms with van der Waals surface area (Å²) in [5.74, 6) is 0.537. The van der Waals surface area contributed by atoms with Crippen molar-refractivity contribution in [2.75, 3.05) is 0 Å². The number of hydrogen-bond acceptors (Lipinski definition) is 1. The third-order valence-electron chi connectivity index (χ3n) is 4.16. The molecule has 3 rings (SSSR count). The molecule has 1 aliphatic carbocycles. The number of imidazole rings is 1. The lowest BCUT2D eigenvalue weighted by atomic mass is 9.98. The van der Waals surface area contributed by atoms with E-state index in [1.54, 1.807) is 0 Å². The molecule has 1 aromatic carbocycles. The van der Waals surface area contributed by atoms with Crippen molar-refractivity contribution in [3.05, 3.63) is 28.5 Å². The summed E-state index contributed by atoms with van der Waals surface area (Å²) in [4.78, 5) is 2.91. The van der Waals surface area contributed by atoms with E-state index in [0.29, 0.717) is 16.2 Å².